The van der Waals surface area contributed by atoms with Crippen molar-refractivity contribution in [1.29, 1.82) is 0 Å². The molecule has 0 amide bonds. The Morgan fingerprint density at radius 1 is 0.815 bits per heavy atom. The van der Waals surface area contributed by atoms with Gasteiger partial charge in [0.1, 0.15) is 25.2 Å². The van der Waals surface area contributed by atoms with E-state index in [4.69, 9.17) is 15.2 Å². The molecule has 0 spiro atoms. The lowest BCUT2D eigenvalue weighted by Gasteiger charge is -2.19. The molecule has 1 aromatic heterocycles. The molecule has 2 heterocycles. The van der Waals surface area contributed by atoms with E-state index in [1.54, 1.807) is 0 Å². The maximum atomic E-state index is 6.29. The number of nitrogens with one attached hydrogen (secondary N) is 2. The normalized spacial score (nSPS) is 12.5. The highest BCUT2D eigenvalue weighted by Crippen LogP contribution is 2.35. The number of fused-ring (bicyclic) bond motifs is 1. The zero-order chi connectivity index (χ0) is 18.8. The lowest BCUT2D eigenvalue weighted by atomic mass is 10.1. The summed E-state index contributed by atoms with van der Waals surface area (Å²) >= 11 is 0. The fourth-order valence-corrected chi connectivity index (χ4v) is 3.04. The van der Waals surface area contributed by atoms with E-state index in [-0.39, 0.29) is 0 Å². The van der Waals surface area contributed by atoms with Crippen LogP contribution in [0.4, 0.5) is 28.7 Å². The van der Waals surface area contributed by atoms with Crippen molar-refractivity contribution in [2.24, 2.45) is 0 Å². The third kappa shape index (κ3) is 3.72. The molecule has 4 rings (SSSR count). The number of aryl methyl sites for hydroxylation is 2. The number of rotatable bonds is 4. The number of anilines is 5. The Balaban J connectivity index is 1.58. The number of nitrogens with zero attached hydrogens (tertiary/aromatic N) is 2. The SMILES string of the molecule is Cc1cc(C)cc(Nc2ncnc(Nc3ccc4c(c3)OCCO4)c2N)c1. The van der Waals surface area contributed by atoms with Crippen LogP contribution in [0.15, 0.2) is 42.7 Å². The van der Waals surface area contributed by atoms with Crippen molar-refractivity contribution in [2.45, 2.75) is 13.8 Å². The van der Waals surface area contributed by atoms with Crippen molar-refractivity contribution in [3.8, 4) is 11.5 Å². The molecule has 0 fully saturated rings. The van der Waals surface area contributed by atoms with Crippen LogP contribution in [0.3, 0.4) is 0 Å². The highest BCUT2D eigenvalue weighted by Gasteiger charge is 2.14. The zero-order valence-electron chi connectivity index (χ0n) is 15.2. The molecule has 0 radical (unpaired) electrons. The molecular weight excluding hydrogens is 342 g/mol. The van der Waals surface area contributed by atoms with Crippen LogP contribution >= 0.6 is 0 Å². The number of nitrogens with two attached hydrogens (primary N) is 1. The molecule has 0 saturated carbocycles. The summed E-state index contributed by atoms with van der Waals surface area (Å²) in [5.74, 6) is 2.51. The Bertz CT molecular complexity index is 970. The van der Waals surface area contributed by atoms with Gasteiger partial charge in [0.05, 0.1) is 0 Å². The fourth-order valence-electron chi connectivity index (χ4n) is 3.04. The van der Waals surface area contributed by atoms with E-state index in [1.165, 1.54) is 17.5 Å². The van der Waals surface area contributed by atoms with Gasteiger partial charge in [-0.25, -0.2) is 9.97 Å². The van der Waals surface area contributed by atoms with E-state index in [9.17, 15) is 0 Å². The van der Waals surface area contributed by atoms with Gasteiger partial charge in [0.2, 0.25) is 0 Å². The summed E-state index contributed by atoms with van der Waals surface area (Å²) in [4.78, 5) is 8.54. The van der Waals surface area contributed by atoms with Crippen LogP contribution in [0, 0.1) is 13.8 Å². The number of benzene rings is 2. The minimum Gasteiger partial charge on any atom is -0.486 e. The quantitative estimate of drug-likeness (QED) is 0.646. The van der Waals surface area contributed by atoms with E-state index >= 15 is 0 Å². The Morgan fingerprint density at radius 3 is 2.15 bits per heavy atom. The minimum absolute atomic E-state index is 0.437. The van der Waals surface area contributed by atoms with Gasteiger partial charge in [0.25, 0.3) is 0 Å². The Kier molecular flexibility index (Phi) is 4.42. The second-order valence-electron chi connectivity index (χ2n) is 6.47. The first-order valence-corrected chi connectivity index (χ1v) is 8.71. The third-order valence-electron chi connectivity index (χ3n) is 4.17. The monoisotopic (exact) mass is 363 g/mol. The van der Waals surface area contributed by atoms with Gasteiger partial charge in [-0.05, 0) is 49.2 Å². The van der Waals surface area contributed by atoms with Crippen LogP contribution in [0.5, 0.6) is 11.5 Å². The lowest BCUT2D eigenvalue weighted by Crippen LogP contribution is -2.15. The summed E-state index contributed by atoms with van der Waals surface area (Å²) in [6, 6.07) is 11.8. The zero-order valence-corrected chi connectivity index (χ0v) is 15.2. The number of hydrogen-bond acceptors (Lipinski definition) is 7. The highest BCUT2D eigenvalue weighted by molar-refractivity contribution is 5.80. The van der Waals surface area contributed by atoms with Gasteiger partial charge in [-0.1, -0.05) is 6.07 Å². The van der Waals surface area contributed by atoms with E-state index in [0.717, 1.165) is 17.1 Å². The molecule has 0 saturated heterocycles. The molecule has 7 nitrogen and oxygen atoms in total. The number of nitrogen functional groups attached to an aromatic ring is 1. The van der Waals surface area contributed by atoms with Crippen LogP contribution in [-0.4, -0.2) is 23.2 Å². The molecule has 4 N–H and O–H groups in total. The standard InChI is InChI=1S/C20H21N5O2/c1-12-7-13(2)9-15(8-12)25-20-18(21)19(22-11-23-20)24-14-3-4-16-17(10-14)27-6-5-26-16/h3-4,7-11H,5-6,21H2,1-2H3,(H2,22,23,24,25). The van der Waals surface area contributed by atoms with Crippen LogP contribution in [-0.2, 0) is 0 Å². The first-order valence-electron chi connectivity index (χ1n) is 8.71. The summed E-state index contributed by atoms with van der Waals surface area (Å²) < 4.78 is 11.2. The van der Waals surface area contributed by atoms with E-state index in [1.807, 2.05) is 30.3 Å². The van der Waals surface area contributed by atoms with E-state index in [2.05, 4.69) is 40.5 Å². The summed E-state index contributed by atoms with van der Waals surface area (Å²) in [6.07, 6.45) is 1.47. The largest absolute Gasteiger partial charge is 0.486 e. The predicted octanol–water partition coefficient (Wildman–Crippen LogP) is 3.93. The summed E-state index contributed by atoms with van der Waals surface area (Å²) in [5, 5.41) is 6.49. The molecule has 138 valence electrons. The maximum Gasteiger partial charge on any atom is 0.163 e. The van der Waals surface area contributed by atoms with Gasteiger partial charge >= 0.3 is 0 Å². The fraction of sp³-hybridized carbons (Fsp3) is 0.200. The predicted molar refractivity (Wildman–Crippen MR) is 106 cm³/mol. The Hall–Kier alpha value is -3.48. The third-order valence-corrected chi connectivity index (χ3v) is 4.17. The molecule has 2 aromatic carbocycles. The van der Waals surface area contributed by atoms with Gasteiger partial charge < -0.3 is 25.8 Å². The van der Waals surface area contributed by atoms with Crippen LogP contribution < -0.4 is 25.8 Å². The molecule has 1 aliphatic heterocycles. The van der Waals surface area contributed by atoms with Crippen LogP contribution in [0.2, 0.25) is 0 Å². The number of aromatic nitrogens is 2. The highest BCUT2D eigenvalue weighted by atomic mass is 16.6. The maximum absolute atomic E-state index is 6.29. The smallest absolute Gasteiger partial charge is 0.163 e. The van der Waals surface area contributed by atoms with Crippen LogP contribution in [0.1, 0.15) is 11.1 Å². The molecule has 0 unspecified atom stereocenters. The van der Waals surface area contributed by atoms with Crippen molar-refractivity contribution >= 4 is 28.7 Å². The van der Waals surface area contributed by atoms with E-state index < -0.39 is 0 Å². The van der Waals surface area contributed by atoms with Crippen molar-refractivity contribution < 1.29 is 9.47 Å². The average Bonchev–Trinajstić information content (AvgIpc) is 2.64. The molecule has 0 atom stereocenters. The lowest BCUT2D eigenvalue weighted by molar-refractivity contribution is 0.171. The van der Waals surface area contributed by atoms with Gasteiger partial charge in [-0.15, -0.1) is 0 Å². The Labute approximate surface area is 157 Å². The van der Waals surface area contributed by atoms with Crippen molar-refractivity contribution in [1.82, 2.24) is 9.97 Å². The van der Waals surface area contributed by atoms with Gasteiger partial charge in [-0.2, -0.15) is 0 Å². The summed E-state index contributed by atoms with van der Waals surface area (Å²) in [5.41, 5.74) is 10.8. The van der Waals surface area contributed by atoms with Crippen molar-refractivity contribution in [3.63, 3.8) is 0 Å². The molecule has 7 heteroatoms. The number of hydrogen-bond donors (Lipinski definition) is 3. The minimum atomic E-state index is 0.437. The van der Waals surface area contributed by atoms with Gasteiger partial charge in [0, 0.05) is 17.4 Å². The van der Waals surface area contributed by atoms with Crippen LogP contribution in [0.25, 0.3) is 0 Å². The topological polar surface area (TPSA) is 94.3 Å². The Morgan fingerprint density at radius 2 is 1.44 bits per heavy atom. The van der Waals surface area contributed by atoms with Crippen molar-refractivity contribution in [3.05, 3.63) is 53.9 Å². The molecule has 0 aliphatic carbocycles. The second-order valence-corrected chi connectivity index (χ2v) is 6.47. The average molecular weight is 363 g/mol. The van der Waals surface area contributed by atoms with Gasteiger partial charge in [0.15, 0.2) is 23.1 Å². The second kappa shape index (κ2) is 7.03. The van der Waals surface area contributed by atoms with Crippen molar-refractivity contribution in [2.75, 3.05) is 29.6 Å². The summed E-state index contributed by atoms with van der Waals surface area (Å²) in [6.45, 7) is 5.20. The number of ether oxygens (including phenoxy) is 2. The van der Waals surface area contributed by atoms with E-state index in [0.29, 0.717) is 36.3 Å². The molecule has 27 heavy (non-hydrogen) atoms. The summed E-state index contributed by atoms with van der Waals surface area (Å²) in [7, 11) is 0. The molecular formula is C20H21N5O2. The molecule has 3 aromatic rings. The van der Waals surface area contributed by atoms with Gasteiger partial charge in [-0.3, -0.25) is 0 Å². The molecule has 0 bridgehead atoms. The molecule has 1 aliphatic rings. The first kappa shape index (κ1) is 17.0. The first-order chi connectivity index (χ1) is 13.1.